The van der Waals surface area contributed by atoms with E-state index < -0.39 is 0 Å². The third-order valence-corrected chi connectivity index (χ3v) is 4.07. The molecule has 1 saturated heterocycles. The van der Waals surface area contributed by atoms with E-state index in [2.05, 4.69) is 43.1 Å². The van der Waals surface area contributed by atoms with Crippen molar-refractivity contribution in [3.63, 3.8) is 0 Å². The van der Waals surface area contributed by atoms with Gasteiger partial charge in [-0.05, 0) is 50.8 Å². The first-order valence-electron chi connectivity index (χ1n) is 7.70. The van der Waals surface area contributed by atoms with E-state index in [0.29, 0.717) is 6.04 Å². The van der Waals surface area contributed by atoms with Crippen LogP contribution in [0.4, 0.5) is 5.82 Å². The second kappa shape index (κ2) is 6.90. The summed E-state index contributed by atoms with van der Waals surface area (Å²) in [5, 5.41) is 3.45. The van der Waals surface area contributed by atoms with Gasteiger partial charge in [0.15, 0.2) is 0 Å². The van der Waals surface area contributed by atoms with Crippen molar-refractivity contribution in [2.45, 2.75) is 59.0 Å². The van der Waals surface area contributed by atoms with E-state index in [1.807, 2.05) is 0 Å². The van der Waals surface area contributed by atoms with Gasteiger partial charge >= 0.3 is 0 Å². The molecule has 106 valence electrons. The maximum Gasteiger partial charge on any atom is 0.129 e. The molecule has 0 aromatic carbocycles. The number of nitrogens with one attached hydrogen (secondary N) is 1. The number of aromatic nitrogens is 1. The molecule has 0 aliphatic carbocycles. The molecule has 1 aromatic heterocycles. The van der Waals surface area contributed by atoms with Gasteiger partial charge in [-0.25, -0.2) is 4.98 Å². The van der Waals surface area contributed by atoms with E-state index >= 15 is 0 Å². The SMILES string of the molecule is CCCNCc1ccc(N2CCCC2CC)nc1C. The summed E-state index contributed by atoms with van der Waals surface area (Å²) in [6.07, 6.45) is 5.02. The normalized spacial score (nSPS) is 19.1. The highest BCUT2D eigenvalue weighted by Gasteiger charge is 2.24. The van der Waals surface area contributed by atoms with E-state index in [4.69, 9.17) is 4.98 Å². The van der Waals surface area contributed by atoms with Gasteiger partial charge in [0.1, 0.15) is 5.82 Å². The van der Waals surface area contributed by atoms with Gasteiger partial charge in [0, 0.05) is 24.8 Å². The van der Waals surface area contributed by atoms with Crippen LogP contribution in [-0.4, -0.2) is 24.1 Å². The molecule has 0 saturated carbocycles. The maximum atomic E-state index is 4.82. The molecule has 1 aliphatic heterocycles. The average Bonchev–Trinajstić information content (AvgIpc) is 2.89. The van der Waals surface area contributed by atoms with Crippen molar-refractivity contribution >= 4 is 5.82 Å². The zero-order valence-electron chi connectivity index (χ0n) is 12.6. The fourth-order valence-corrected chi connectivity index (χ4v) is 2.89. The lowest BCUT2D eigenvalue weighted by Crippen LogP contribution is -2.29. The Hall–Kier alpha value is -1.09. The third-order valence-electron chi connectivity index (χ3n) is 4.07. The minimum atomic E-state index is 0.691. The van der Waals surface area contributed by atoms with Gasteiger partial charge in [-0.15, -0.1) is 0 Å². The van der Waals surface area contributed by atoms with Gasteiger partial charge in [0.2, 0.25) is 0 Å². The average molecular weight is 261 g/mol. The first-order valence-corrected chi connectivity index (χ1v) is 7.70. The minimum Gasteiger partial charge on any atom is -0.354 e. The molecule has 2 rings (SSSR count). The Morgan fingerprint density at radius 2 is 2.21 bits per heavy atom. The Balaban J connectivity index is 2.05. The zero-order chi connectivity index (χ0) is 13.7. The summed E-state index contributed by atoms with van der Waals surface area (Å²) in [6.45, 7) is 9.77. The van der Waals surface area contributed by atoms with Crippen LogP contribution in [0.15, 0.2) is 12.1 Å². The predicted molar refractivity (Wildman–Crippen MR) is 81.6 cm³/mol. The molecule has 19 heavy (non-hydrogen) atoms. The Kier molecular flexibility index (Phi) is 5.20. The lowest BCUT2D eigenvalue weighted by atomic mass is 10.1. The quantitative estimate of drug-likeness (QED) is 0.797. The predicted octanol–water partition coefficient (Wildman–Crippen LogP) is 3.27. The third kappa shape index (κ3) is 3.47. The molecular weight excluding hydrogens is 234 g/mol. The number of anilines is 1. The molecule has 1 fully saturated rings. The van der Waals surface area contributed by atoms with Crippen LogP contribution >= 0.6 is 0 Å². The summed E-state index contributed by atoms with van der Waals surface area (Å²) in [5.41, 5.74) is 2.49. The highest BCUT2D eigenvalue weighted by molar-refractivity contribution is 5.43. The molecular formula is C16H27N3. The van der Waals surface area contributed by atoms with Gasteiger partial charge in [-0.2, -0.15) is 0 Å². The number of hydrogen-bond donors (Lipinski definition) is 1. The molecule has 1 aromatic rings. The molecule has 2 heterocycles. The van der Waals surface area contributed by atoms with Crippen LogP contribution in [0.3, 0.4) is 0 Å². The first-order chi connectivity index (χ1) is 9.26. The lowest BCUT2D eigenvalue weighted by molar-refractivity contribution is 0.638. The monoisotopic (exact) mass is 261 g/mol. The van der Waals surface area contributed by atoms with Crippen molar-refractivity contribution < 1.29 is 0 Å². The summed E-state index contributed by atoms with van der Waals surface area (Å²) in [7, 11) is 0. The Morgan fingerprint density at radius 3 is 2.89 bits per heavy atom. The summed E-state index contributed by atoms with van der Waals surface area (Å²) in [6, 6.07) is 5.13. The smallest absolute Gasteiger partial charge is 0.129 e. The summed E-state index contributed by atoms with van der Waals surface area (Å²) in [4.78, 5) is 7.30. The molecule has 0 spiro atoms. The molecule has 3 nitrogen and oxygen atoms in total. The van der Waals surface area contributed by atoms with Gasteiger partial charge in [0.05, 0.1) is 0 Å². The van der Waals surface area contributed by atoms with Crippen molar-refractivity contribution in [1.82, 2.24) is 10.3 Å². The van der Waals surface area contributed by atoms with E-state index in [1.165, 1.54) is 49.3 Å². The molecule has 1 unspecified atom stereocenters. The molecule has 0 bridgehead atoms. The van der Waals surface area contributed by atoms with Crippen LogP contribution < -0.4 is 10.2 Å². The lowest BCUT2D eigenvalue weighted by Gasteiger charge is -2.25. The number of hydrogen-bond acceptors (Lipinski definition) is 3. The highest BCUT2D eigenvalue weighted by atomic mass is 15.2. The number of aryl methyl sites for hydroxylation is 1. The summed E-state index contributed by atoms with van der Waals surface area (Å²) >= 11 is 0. The van der Waals surface area contributed by atoms with Gasteiger partial charge < -0.3 is 10.2 Å². The maximum absolute atomic E-state index is 4.82. The molecule has 1 aliphatic rings. The van der Waals surface area contributed by atoms with E-state index in [9.17, 15) is 0 Å². The van der Waals surface area contributed by atoms with Crippen LogP contribution in [-0.2, 0) is 6.54 Å². The van der Waals surface area contributed by atoms with Gasteiger partial charge in [-0.1, -0.05) is 19.9 Å². The number of rotatable bonds is 6. The van der Waals surface area contributed by atoms with Crippen molar-refractivity contribution in [3.05, 3.63) is 23.4 Å². The molecule has 0 amide bonds. The van der Waals surface area contributed by atoms with Crippen molar-refractivity contribution in [2.24, 2.45) is 0 Å². The largest absolute Gasteiger partial charge is 0.354 e. The Bertz CT molecular complexity index is 403. The standard InChI is InChI=1S/C16H27N3/c1-4-10-17-12-14-8-9-16(18-13(14)3)19-11-6-7-15(19)5-2/h8-9,15,17H,4-7,10-12H2,1-3H3. The van der Waals surface area contributed by atoms with E-state index in [-0.39, 0.29) is 0 Å². The van der Waals surface area contributed by atoms with E-state index in [0.717, 1.165) is 13.1 Å². The molecule has 3 heteroatoms. The molecule has 1 N–H and O–H groups in total. The van der Waals surface area contributed by atoms with Gasteiger partial charge in [-0.3, -0.25) is 0 Å². The Morgan fingerprint density at radius 1 is 1.37 bits per heavy atom. The second-order valence-corrected chi connectivity index (χ2v) is 5.49. The number of nitrogens with zero attached hydrogens (tertiary/aromatic N) is 2. The number of pyridine rings is 1. The van der Waals surface area contributed by atoms with Crippen LogP contribution in [0.25, 0.3) is 0 Å². The van der Waals surface area contributed by atoms with E-state index in [1.54, 1.807) is 0 Å². The topological polar surface area (TPSA) is 28.2 Å². The van der Waals surface area contributed by atoms with Crippen LogP contribution in [0.5, 0.6) is 0 Å². The van der Waals surface area contributed by atoms with Crippen LogP contribution in [0.1, 0.15) is 50.8 Å². The van der Waals surface area contributed by atoms with Gasteiger partial charge in [0.25, 0.3) is 0 Å². The zero-order valence-corrected chi connectivity index (χ0v) is 12.6. The molecule has 0 radical (unpaired) electrons. The minimum absolute atomic E-state index is 0.691. The van der Waals surface area contributed by atoms with Crippen molar-refractivity contribution in [2.75, 3.05) is 18.0 Å². The van der Waals surface area contributed by atoms with Crippen LogP contribution in [0.2, 0.25) is 0 Å². The fraction of sp³-hybridized carbons (Fsp3) is 0.688. The Labute approximate surface area is 117 Å². The summed E-state index contributed by atoms with van der Waals surface area (Å²) < 4.78 is 0. The van der Waals surface area contributed by atoms with Crippen LogP contribution in [0, 0.1) is 6.92 Å². The van der Waals surface area contributed by atoms with Crippen molar-refractivity contribution in [3.8, 4) is 0 Å². The van der Waals surface area contributed by atoms with Crippen molar-refractivity contribution in [1.29, 1.82) is 0 Å². The molecule has 1 atom stereocenters. The summed E-state index contributed by atoms with van der Waals surface area (Å²) in [5.74, 6) is 1.17. The first kappa shape index (κ1) is 14.3. The second-order valence-electron chi connectivity index (χ2n) is 5.49. The fourth-order valence-electron chi connectivity index (χ4n) is 2.89. The highest BCUT2D eigenvalue weighted by Crippen LogP contribution is 2.26.